The maximum atomic E-state index is 12.2. The molecule has 2 rings (SSSR count). The van der Waals surface area contributed by atoms with E-state index in [2.05, 4.69) is 20.7 Å². The van der Waals surface area contributed by atoms with Crippen LogP contribution in [0.25, 0.3) is 0 Å². The zero-order chi connectivity index (χ0) is 15.6. The molecule has 0 aliphatic carbocycles. The molecule has 0 heterocycles. The first-order valence-corrected chi connectivity index (χ1v) is 7.89. The third-order valence-electron chi connectivity index (χ3n) is 2.57. The summed E-state index contributed by atoms with van der Waals surface area (Å²) in [4.78, 5) is 9.76. The highest BCUT2D eigenvalue weighted by Gasteiger charge is 2.20. The highest BCUT2D eigenvalue weighted by atomic mass is 79.9. The summed E-state index contributed by atoms with van der Waals surface area (Å²) >= 11 is 3.23. The molecule has 2 aromatic rings. The Kier molecular flexibility index (Phi) is 4.14. The van der Waals surface area contributed by atoms with E-state index in [1.807, 2.05) is 0 Å². The van der Waals surface area contributed by atoms with E-state index in [1.165, 1.54) is 0 Å². The van der Waals surface area contributed by atoms with E-state index in [-0.39, 0.29) is 16.3 Å². The molecule has 0 unspecified atom stereocenters. The average molecular weight is 372 g/mol. The number of halogens is 1. The number of hydrogen-bond donors (Lipinski definition) is 2. The third-order valence-corrected chi connectivity index (χ3v) is 4.52. The first-order valence-electron chi connectivity index (χ1n) is 5.62. The zero-order valence-electron chi connectivity index (χ0n) is 10.5. The van der Waals surface area contributed by atoms with Gasteiger partial charge in [0.2, 0.25) is 0 Å². The van der Waals surface area contributed by atoms with Gasteiger partial charge in [0, 0.05) is 22.3 Å². The first kappa shape index (κ1) is 15.3. The molecule has 0 aliphatic heterocycles. The molecule has 7 nitrogen and oxygen atoms in total. The summed E-state index contributed by atoms with van der Waals surface area (Å²) < 4.78 is 27.5. The van der Waals surface area contributed by atoms with Crippen LogP contribution in [0.5, 0.6) is 0 Å². The van der Waals surface area contributed by atoms with Crippen molar-refractivity contribution in [2.24, 2.45) is 0 Å². The number of non-ortho nitro benzene ring substituents is 1. The Morgan fingerprint density at radius 3 is 2.48 bits per heavy atom. The monoisotopic (exact) mass is 371 g/mol. The molecule has 3 N–H and O–H groups in total. The van der Waals surface area contributed by atoms with Crippen LogP contribution >= 0.6 is 15.9 Å². The normalized spacial score (nSPS) is 11.1. The molecule has 0 aromatic heterocycles. The van der Waals surface area contributed by atoms with Crippen molar-refractivity contribution < 1.29 is 13.3 Å². The van der Waals surface area contributed by atoms with Crippen LogP contribution in [0.1, 0.15) is 0 Å². The largest absolute Gasteiger partial charge is 0.397 e. The number of nitrogens with zero attached hydrogens (tertiary/aromatic N) is 1. The fourth-order valence-corrected chi connectivity index (χ4v) is 3.22. The smallest absolute Gasteiger partial charge is 0.271 e. The molecule has 110 valence electrons. The van der Waals surface area contributed by atoms with Crippen LogP contribution in [-0.4, -0.2) is 13.3 Å². The van der Waals surface area contributed by atoms with E-state index >= 15 is 0 Å². The minimum absolute atomic E-state index is 0.188. The summed E-state index contributed by atoms with van der Waals surface area (Å²) in [6.07, 6.45) is 0. The van der Waals surface area contributed by atoms with Gasteiger partial charge in [-0.2, -0.15) is 0 Å². The Morgan fingerprint density at radius 2 is 1.90 bits per heavy atom. The standard InChI is InChI=1S/C12H10BrN3O4S/c13-8-2-1-3-9(6-8)15-21(19,20)12-5-4-10(16(17)18)7-11(12)14/h1-7,15H,14H2. The molecular formula is C12H10BrN3O4S. The van der Waals surface area contributed by atoms with Crippen LogP contribution in [0.15, 0.2) is 51.8 Å². The Labute approximate surface area is 129 Å². The number of anilines is 2. The highest BCUT2D eigenvalue weighted by molar-refractivity contribution is 9.10. The molecule has 0 saturated carbocycles. The van der Waals surface area contributed by atoms with Crippen molar-refractivity contribution in [3.8, 4) is 0 Å². The summed E-state index contributed by atoms with van der Waals surface area (Å²) in [5.74, 6) is 0. The van der Waals surface area contributed by atoms with Crippen molar-refractivity contribution in [1.29, 1.82) is 0 Å². The molecule has 0 saturated heterocycles. The van der Waals surface area contributed by atoms with Crippen molar-refractivity contribution in [1.82, 2.24) is 0 Å². The van der Waals surface area contributed by atoms with Crippen LogP contribution in [0.4, 0.5) is 17.1 Å². The van der Waals surface area contributed by atoms with Gasteiger partial charge in [0.1, 0.15) is 4.90 Å². The Bertz CT molecular complexity index is 808. The van der Waals surface area contributed by atoms with Crippen LogP contribution in [0.2, 0.25) is 0 Å². The summed E-state index contributed by atoms with van der Waals surface area (Å²) in [6.45, 7) is 0. The predicted octanol–water partition coefficient (Wildman–Crippen LogP) is 2.74. The lowest BCUT2D eigenvalue weighted by Gasteiger charge is -2.10. The maximum Gasteiger partial charge on any atom is 0.271 e. The lowest BCUT2D eigenvalue weighted by atomic mass is 10.3. The molecule has 0 fully saturated rings. The minimum Gasteiger partial charge on any atom is -0.397 e. The van der Waals surface area contributed by atoms with E-state index in [4.69, 9.17) is 5.73 Å². The highest BCUT2D eigenvalue weighted by Crippen LogP contribution is 2.26. The van der Waals surface area contributed by atoms with Crippen LogP contribution < -0.4 is 10.5 Å². The van der Waals surface area contributed by atoms with Crippen LogP contribution in [0, 0.1) is 10.1 Å². The lowest BCUT2D eigenvalue weighted by molar-refractivity contribution is -0.384. The number of sulfonamides is 1. The van der Waals surface area contributed by atoms with Gasteiger partial charge in [-0.3, -0.25) is 14.8 Å². The molecule has 0 radical (unpaired) electrons. The lowest BCUT2D eigenvalue weighted by Crippen LogP contribution is -2.15. The van der Waals surface area contributed by atoms with E-state index in [9.17, 15) is 18.5 Å². The molecule has 0 aliphatic rings. The maximum absolute atomic E-state index is 12.2. The second kappa shape index (κ2) is 5.70. The summed E-state index contributed by atoms with van der Waals surface area (Å²) in [5.41, 5.74) is 5.49. The summed E-state index contributed by atoms with van der Waals surface area (Å²) in [6, 6.07) is 9.78. The fourth-order valence-electron chi connectivity index (χ4n) is 1.66. The Balaban J connectivity index is 2.38. The van der Waals surface area contributed by atoms with E-state index in [1.54, 1.807) is 24.3 Å². The average Bonchev–Trinajstić information content (AvgIpc) is 2.37. The molecule has 9 heteroatoms. The van der Waals surface area contributed by atoms with Gasteiger partial charge in [-0.1, -0.05) is 22.0 Å². The number of nitrogen functional groups attached to an aromatic ring is 1. The molecule has 0 amide bonds. The van der Waals surface area contributed by atoms with Crippen LogP contribution in [0.3, 0.4) is 0 Å². The van der Waals surface area contributed by atoms with Crippen molar-refractivity contribution in [3.63, 3.8) is 0 Å². The number of nitrogens with two attached hydrogens (primary N) is 1. The van der Waals surface area contributed by atoms with Gasteiger partial charge in [0.05, 0.1) is 10.6 Å². The number of nitrogens with one attached hydrogen (secondary N) is 1. The van der Waals surface area contributed by atoms with Gasteiger partial charge in [-0.05, 0) is 24.3 Å². The minimum atomic E-state index is -3.92. The SMILES string of the molecule is Nc1cc([N+](=O)[O-])ccc1S(=O)(=O)Nc1cccc(Br)c1. The van der Waals surface area contributed by atoms with Gasteiger partial charge in [0.15, 0.2) is 0 Å². The molecule has 2 aromatic carbocycles. The molecule has 21 heavy (non-hydrogen) atoms. The molecule has 0 spiro atoms. The van der Waals surface area contributed by atoms with Gasteiger partial charge in [-0.15, -0.1) is 0 Å². The van der Waals surface area contributed by atoms with Crippen molar-refractivity contribution in [3.05, 3.63) is 57.1 Å². The van der Waals surface area contributed by atoms with E-state index in [0.29, 0.717) is 10.2 Å². The topological polar surface area (TPSA) is 115 Å². The fraction of sp³-hybridized carbons (Fsp3) is 0. The number of nitro groups is 1. The third kappa shape index (κ3) is 3.50. The Morgan fingerprint density at radius 1 is 1.19 bits per heavy atom. The number of hydrogen-bond acceptors (Lipinski definition) is 5. The second-order valence-electron chi connectivity index (χ2n) is 4.10. The van der Waals surface area contributed by atoms with E-state index in [0.717, 1.165) is 18.2 Å². The zero-order valence-corrected chi connectivity index (χ0v) is 12.9. The van der Waals surface area contributed by atoms with Crippen LogP contribution in [-0.2, 0) is 10.0 Å². The van der Waals surface area contributed by atoms with Crippen molar-refractivity contribution >= 4 is 43.0 Å². The summed E-state index contributed by atoms with van der Waals surface area (Å²) in [5, 5.41) is 10.6. The van der Waals surface area contributed by atoms with Gasteiger partial charge in [-0.25, -0.2) is 8.42 Å². The quantitative estimate of drug-likeness (QED) is 0.486. The molecule has 0 bridgehead atoms. The van der Waals surface area contributed by atoms with Crippen molar-refractivity contribution in [2.75, 3.05) is 10.5 Å². The Hall–Kier alpha value is -2.13. The second-order valence-corrected chi connectivity index (χ2v) is 6.66. The van der Waals surface area contributed by atoms with E-state index < -0.39 is 14.9 Å². The number of nitro benzene ring substituents is 1. The van der Waals surface area contributed by atoms with Crippen molar-refractivity contribution in [2.45, 2.75) is 4.90 Å². The molecular weight excluding hydrogens is 362 g/mol. The predicted molar refractivity (Wildman–Crippen MR) is 82.5 cm³/mol. The molecule has 0 atom stereocenters. The van der Waals surface area contributed by atoms with Gasteiger partial charge < -0.3 is 5.73 Å². The number of rotatable bonds is 4. The summed E-state index contributed by atoms with van der Waals surface area (Å²) in [7, 11) is -3.92. The van der Waals surface area contributed by atoms with Gasteiger partial charge >= 0.3 is 0 Å². The van der Waals surface area contributed by atoms with Gasteiger partial charge in [0.25, 0.3) is 15.7 Å². The first-order chi connectivity index (χ1) is 9.79. The number of benzene rings is 2.